The quantitative estimate of drug-likeness (QED) is 0.471. The number of carbonyl (C=O) groups is 3. The summed E-state index contributed by atoms with van der Waals surface area (Å²) in [6, 6.07) is 2.45. The highest BCUT2D eigenvalue weighted by Gasteiger charge is 2.23. The Labute approximate surface area is 142 Å². The molecule has 130 valence electrons. The first kappa shape index (κ1) is 19.4. The molecule has 2 N–H and O–H groups in total. The molecule has 1 unspecified atom stereocenters. The monoisotopic (exact) mass is 357 g/mol. The van der Waals surface area contributed by atoms with Gasteiger partial charge in [-0.25, -0.2) is 9.59 Å². The molecule has 0 saturated carbocycles. The Morgan fingerprint density at radius 3 is 2.42 bits per heavy atom. The van der Waals surface area contributed by atoms with Crippen molar-refractivity contribution in [2.24, 2.45) is 0 Å². The molecule has 1 aromatic rings. The van der Waals surface area contributed by atoms with Gasteiger partial charge in [0.1, 0.15) is 5.02 Å². The molecule has 0 aliphatic heterocycles. The number of esters is 1. The van der Waals surface area contributed by atoms with E-state index in [9.17, 15) is 24.5 Å². The number of nitro groups is 1. The molecular weight excluding hydrogens is 342 g/mol. The van der Waals surface area contributed by atoms with Crippen molar-refractivity contribution in [3.8, 4) is 0 Å². The van der Waals surface area contributed by atoms with Crippen LogP contribution >= 0.6 is 11.6 Å². The van der Waals surface area contributed by atoms with Gasteiger partial charge in [0.15, 0.2) is 6.10 Å². The van der Waals surface area contributed by atoms with Crippen LogP contribution in [0.25, 0.3) is 0 Å². The van der Waals surface area contributed by atoms with Crippen LogP contribution in [0.5, 0.6) is 0 Å². The number of urea groups is 1. The molecule has 0 aromatic heterocycles. The van der Waals surface area contributed by atoms with E-state index >= 15 is 0 Å². The number of amides is 3. The van der Waals surface area contributed by atoms with Crippen molar-refractivity contribution in [3.05, 3.63) is 38.9 Å². The standard InChI is InChI=1S/C14H16ClN3O6/c1-7(2)16-14(21)17-12(19)8(3)24-13(20)9-4-5-10(15)11(6-9)18(22)23/h4-8H,1-3H3,(H2,16,17,19,21). The smallest absolute Gasteiger partial charge is 0.339 e. The van der Waals surface area contributed by atoms with Crippen LogP contribution in [0.4, 0.5) is 10.5 Å². The Balaban J connectivity index is 2.73. The molecule has 0 aliphatic rings. The van der Waals surface area contributed by atoms with E-state index in [1.165, 1.54) is 19.1 Å². The van der Waals surface area contributed by atoms with Crippen molar-refractivity contribution >= 4 is 35.2 Å². The number of halogens is 1. The minimum absolute atomic E-state index is 0.132. The zero-order valence-electron chi connectivity index (χ0n) is 13.2. The first-order chi connectivity index (χ1) is 11.1. The van der Waals surface area contributed by atoms with E-state index in [0.717, 1.165) is 6.07 Å². The van der Waals surface area contributed by atoms with Gasteiger partial charge in [0.25, 0.3) is 11.6 Å². The zero-order valence-corrected chi connectivity index (χ0v) is 13.9. The van der Waals surface area contributed by atoms with Crippen molar-refractivity contribution in [2.75, 3.05) is 0 Å². The molecule has 0 radical (unpaired) electrons. The Morgan fingerprint density at radius 2 is 1.88 bits per heavy atom. The van der Waals surface area contributed by atoms with Crippen molar-refractivity contribution in [2.45, 2.75) is 32.9 Å². The SMILES string of the molecule is CC(C)NC(=O)NC(=O)C(C)OC(=O)c1ccc(Cl)c([N+](=O)[O-])c1. The molecule has 1 atom stereocenters. The average molecular weight is 358 g/mol. The van der Waals surface area contributed by atoms with Crippen LogP contribution in [0, 0.1) is 10.1 Å². The molecular formula is C14H16ClN3O6. The van der Waals surface area contributed by atoms with Crippen molar-refractivity contribution < 1.29 is 24.0 Å². The van der Waals surface area contributed by atoms with Gasteiger partial charge in [-0.05, 0) is 32.9 Å². The van der Waals surface area contributed by atoms with E-state index in [4.69, 9.17) is 16.3 Å². The fraction of sp³-hybridized carbons (Fsp3) is 0.357. The number of nitrogens with zero attached hydrogens (tertiary/aromatic N) is 1. The summed E-state index contributed by atoms with van der Waals surface area (Å²) in [5.41, 5.74) is -0.600. The molecule has 10 heteroatoms. The first-order valence-corrected chi connectivity index (χ1v) is 7.26. The molecule has 24 heavy (non-hydrogen) atoms. The highest BCUT2D eigenvalue weighted by Crippen LogP contribution is 2.25. The lowest BCUT2D eigenvalue weighted by molar-refractivity contribution is -0.384. The summed E-state index contributed by atoms with van der Waals surface area (Å²) in [6.07, 6.45) is -1.27. The zero-order chi connectivity index (χ0) is 18.4. The Bertz CT molecular complexity index is 676. The number of ether oxygens (including phenoxy) is 1. The predicted molar refractivity (Wildman–Crippen MR) is 84.8 cm³/mol. The molecule has 1 rings (SSSR count). The second-order valence-corrected chi connectivity index (χ2v) is 5.50. The van der Waals surface area contributed by atoms with Crippen molar-refractivity contribution in [1.29, 1.82) is 0 Å². The largest absolute Gasteiger partial charge is 0.449 e. The number of hydrogen-bond donors (Lipinski definition) is 2. The molecule has 3 amide bonds. The number of imide groups is 1. The van der Waals surface area contributed by atoms with E-state index in [0.29, 0.717) is 0 Å². The Hall–Kier alpha value is -2.68. The summed E-state index contributed by atoms with van der Waals surface area (Å²) in [4.78, 5) is 45.2. The Morgan fingerprint density at radius 1 is 1.25 bits per heavy atom. The van der Waals surface area contributed by atoms with E-state index in [1.54, 1.807) is 13.8 Å². The first-order valence-electron chi connectivity index (χ1n) is 6.88. The Kier molecular flexibility index (Phi) is 6.66. The maximum atomic E-state index is 11.9. The van der Waals surface area contributed by atoms with Gasteiger partial charge in [0.05, 0.1) is 10.5 Å². The van der Waals surface area contributed by atoms with Crippen LogP contribution in [0.3, 0.4) is 0 Å². The van der Waals surface area contributed by atoms with Crippen LogP contribution in [0.1, 0.15) is 31.1 Å². The minimum atomic E-state index is -1.27. The molecule has 0 fully saturated rings. The van der Waals surface area contributed by atoms with Gasteiger partial charge in [-0.1, -0.05) is 11.6 Å². The van der Waals surface area contributed by atoms with E-state index < -0.39 is 34.6 Å². The summed E-state index contributed by atoms with van der Waals surface area (Å²) in [6.45, 7) is 4.68. The molecule has 0 spiro atoms. The van der Waals surface area contributed by atoms with Gasteiger partial charge in [-0.3, -0.25) is 20.2 Å². The molecule has 1 aromatic carbocycles. The molecule has 0 heterocycles. The third-order valence-corrected chi connectivity index (χ3v) is 3.01. The molecule has 0 bridgehead atoms. The van der Waals surface area contributed by atoms with E-state index in [-0.39, 0.29) is 16.6 Å². The van der Waals surface area contributed by atoms with Crippen LogP contribution in [0.2, 0.25) is 5.02 Å². The second kappa shape index (κ2) is 8.25. The fourth-order valence-electron chi connectivity index (χ4n) is 1.57. The third-order valence-electron chi connectivity index (χ3n) is 2.69. The number of benzene rings is 1. The van der Waals surface area contributed by atoms with Gasteiger partial charge in [-0.2, -0.15) is 0 Å². The predicted octanol–water partition coefficient (Wildman–Crippen LogP) is 2.03. The lowest BCUT2D eigenvalue weighted by atomic mass is 10.2. The summed E-state index contributed by atoms with van der Waals surface area (Å²) < 4.78 is 4.88. The minimum Gasteiger partial charge on any atom is -0.449 e. The van der Waals surface area contributed by atoms with Crippen molar-refractivity contribution in [1.82, 2.24) is 10.6 Å². The number of rotatable bonds is 5. The van der Waals surface area contributed by atoms with E-state index in [2.05, 4.69) is 5.32 Å². The molecule has 9 nitrogen and oxygen atoms in total. The van der Waals surface area contributed by atoms with Gasteiger partial charge < -0.3 is 10.1 Å². The van der Waals surface area contributed by atoms with Crippen LogP contribution in [-0.4, -0.2) is 35.0 Å². The van der Waals surface area contributed by atoms with Crippen LogP contribution in [-0.2, 0) is 9.53 Å². The van der Waals surface area contributed by atoms with Gasteiger partial charge in [0, 0.05) is 12.1 Å². The third kappa shape index (κ3) is 5.51. The maximum Gasteiger partial charge on any atom is 0.339 e. The van der Waals surface area contributed by atoms with E-state index in [1.807, 2.05) is 5.32 Å². The summed E-state index contributed by atoms with van der Waals surface area (Å²) in [5, 5.41) is 15.1. The van der Waals surface area contributed by atoms with Gasteiger partial charge in [0.2, 0.25) is 0 Å². The second-order valence-electron chi connectivity index (χ2n) is 5.09. The average Bonchev–Trinajstić information content (AvgIpc) is 2.45. The van der Waals surface area contributed by atoms with Gasteiger partial charge >= 0.3 is 12.0 Å². The maximum absolute atomic E-state index is 11.9. The summed E-state index contributed by atoms with van der Waals surface area (Å²) in [5.74, 6) is -1.79. The normalized spacial score (nSPS) is 11.5. The molecule has 0 saturated heterocycles. The number of nitrogens with one attached hydrogen (secondary N) is 2. The van der Waals surface area contributed by atoms with Crippen LogP contribution < -0.4 is 10.6 Å². The van der Waals surface area contributed by atoms with Crippen LogP contribution in [0.15, 0.2) is 18.2 Å². The van der Waals surface area contributed by atoms with Crippen molar-refractivity contribution in [3.63, 3.8) is 0 Å². The molecule has 0 aliphatic carbocycles. The summed E-state index contributed by atoms with van der Waals surface area (Å²) in [7, 11) is 0. The van der Waals surface area contributed by atoms with Gasteiger partial charge in [-0.15, -0.1) is 0 Å². The lowest BCUT2D eigenvalue weighted by Crippen LogP contribution is -2.46. The fourth-order valence-corrected chi connectivity index (χ4v) is 1.76. The number of carbonyl (C=O) groups excluding carboxylic acids is 3. The topological polar surface area (TPSA) is 128 Å². The highest BCUT2D eigenvalue weighted by atomic mass is 35.5. The highest BCUT2D eigenvalue weighted by molar-refractivity contribution is 6.32. The summed E-state index contributed by atoms with van der Waals surface area (Å²) >= 11 is 5.65. The number of nitro benzene ring substituents is 1. The number of hydrogen-bond acceptors (Lipinski definition) is 6. The lowest BCUT2D eigenvalue weighted by Gasteiger charge is -2.14.